The second-order valence-electron chi connectivity index (χ2n) is 8.07. The number of hydrogen-bond acceptors (Lipinski definition) is 9. The number of ether oxygens (including phenoxy) is 2. The van der Waals surface area contributed by atoms with E-state index in [9.17, 15) is 28.3 Å². The molecule has 0 saturated carbocycles. The van der Waals surface area contributed by atoms with Crippen molar-refractivity contribution in [1.29, 1.82) is 5.26 Å². The average molecular weight is 493 g/mol. The number of rotatable bonds is 8. The molecule has 12 heteroatoms. The molecule has 9 nitrogen and oxygen atoms in total. The van der Waals surface area contributed by atoms with Crippen molar-refractivity contribution in [3.8, 4) is 28.8 Å². The van der Waals surface area contributed by atoms with Crippen LogP contribution in [0.25, 0.3) is 11.3 Å². The van der Waals surface area contributed by atoms with Crippen molar-refractivity contribution in [2.75, 3.05) is 31.6 Å². The maximum Gasteiger partial charge on any atom is 0.573 e. The molecular formula is C23H26F3N5O4. The molecule has 2 heterocycles. The van der Waals surface area contributed by atoms with E-state index in [1.165, 1.54) is 6.07 Å². The lowest BCUT2D eigenvalue weighted by atomic mass is 10.0. The zero-order valence-electron chi connectivity index (χ0n) is 19.4. The van der Waals surface area contributed by atoms with E-state index in [1.54, 1.807) is 13.8 Å². The number of aromatic hydroxyl groups is 1. The van der Waals surface area contributed by atoms with Gasteiger partial charge in [0.25, 0.3) is 0 Å². The normalized spacial score (nSPS) is 16.4. The number of phenolic OH excluding ortho intramolecular Hbond substituents is 1. The van der Waals surface area contributed by atoms with E-state index in [0.29, 0.717) is 31.7 Å². The molecule has 0 radical (unpaired) electrons. The molecule has 1 atom stereocenters. The second kappa shape index (κ2) is 11.2. The fraction of sp³-hybridized carbons (Fsp3) is 0.478. The largest absolute Gasteiger partial charge is 0.573 e. The first-order valence-corrected chi connectivity index (χ1v) is 11.1. The lowest BCUT2D eigenvalue weighted by molar-refractivity contribution is -0.274. The van der Waals surface area contributed by atoms with Crippen LogP contribution in [-0.2, 0) is 9.53 Å². The number of piperidine rings is 1. The zero-order valence-corrected chi connectivity index (χ0v) is 19.4. The first-order chi connectivity index (χ1) is 16.6. The van der Waals surface area contributed by atoms with Crippen molar-refractivity contribution in [2.24, 2.45) is 0 Å². The third-order valence-electron chi connectivity index (χ3n) is 5.57. The number of aromatic nitrogens is 2. The molecule has 35 heavy (non-hydrogen) atoms. The standard InChI is InChI=1S/C23H26F3N5O4/c1-3-34-20(33)8-10-31-9-4-5-15(13-31)28-22-18(12-27)14(2)21(29-30-22)17-7-6-16(11-19(17)32)35-23(24,25)26/h6-7,11,15,32H,3-5,8-10,13H2,1-2H3,(H,28,30)/t15-/m1/s1. The summed E-state index contributed by atoms with van der Waals surface area (Å²) in [4.78, 5) is 13.8. The lowest BCUT2D eigenvalue weighted by Gasteiger charge is -2.33. The Bertz CT molecular complexity index is 1100. The Labute approximate surface area is 200 Å². The number of nitrogens with one attached hydrogen (secondary N) is 1. The molecule has 1 saturated heterocycles. The highest BCUT2D eigenvalue weighted by molar-refractivity contribution is 5.74. The summed E-state index contributed by atoms with van der Waals surface area (Å²) in [5, 5.41) is 31.5. The Morgan fingerprint density at radius 3 is 2.80 bits per heavy atom. The highest BCUT2D eigenvalue weighted by Crippen LogP contribution is 2.36. The van der Waals surface area contributed by atoms with Gasteiger partial charge in [-0.25, -0.2) is 0 Å². The number of nitriles is 1. The van der Waals surface area contributed by atoms with Gasteiger partial charge in [0.1, 0.15) is 28.8 Å². The minimum atomic E-state index is -4.89. The molecule has 0 spiro atoms. The molecule has 1 aliphatic rings. The molecular weight excluding hydrogens is 467 g/mol. The van der Waals surface area contributed by atoms with Crippen LogP contribution < -0.4 is 10.1 Å². The van der Waals surface area contributed by atoms with E-state index < -0.39 is 17.9 Å². The van der Waals surface area contributed by atoms with Crippen molar-refractivity contribution in [3.05, 3.63) is 29.3 Å². The molecule has 0 aliphatic carbocycles. The van der Waals surface area contributed by atoms with Gasteiger partial charge in [-0.2, -0.15) is 5.26 Å². The van der Waals surface area contributed by atoms with E-state index in [1.807, 2.05) is 0 Å². The van der Waals surface area contributed by atoms with Crippen molar-refractivity contribution in [2.45, 2.75) is 45.5 Å². The van der Waals surface area contributed by atoms with Crippen LogP contribution in [0, 0.1) is 18.3 Å². The van der Waals surface area contributed by atoms with Gasteiger partial charge in [0, 0.05) is 30.8 Å². The van der Waals surface area contributed by atoms with E-state index in [4.69, 9.17) is 4.74 Å². The molecule has 0 unspecified atom stereocenters. The monoisotopic (exact) mass is 493 g/mol. The minimum absolute atomic E-state index is 0.0233. The van der Waals surface area contributed by atoms with Crippen LogP contribution in [-0.4, -0.2) is 64.8 Å². The van der Waals surface area contributed by atoms with Gasteiger partial charge in [-0.3, -0.25) is 4.79 Å². The highest BCUT2D eigenvalue weighted by Gasteiger charge is 2.31. The summed E-state index contributed by atoms with van der Waals surface area (Å²) in [5.74, 6) is -1.03. The van der Waals surface area contributed by atoms with Crippen LogP contribution in [0.4, 0.5) is 19.0 Å². The molecule has 2 aromatic rings. The van der Waals surface area contributed by atoms with Gasteiger partial charge in [0.15, 0.2) is 5.82 Å². The number of nitrogens with zero attached hydrogens (tertiary/aromatic N) is 4. The van der Waals surface area contributed by atoms with Gasteiger partial charge in [-0.1, -0.05) is 0 Å². The van der Waals surface area contributed by atoms with Gasteiger partial charge in [0.2, 0.25) is 0 Å². The summed E-state index contributed by atoms with van der Waals surface area (Å²) in [6, 6.07) is 5.18. The van der Waals surface area contributed by atoms with Crippen LogP contribution in [0.1, 0.15) is 37.3 Å². The van der Waals surface area contributed by atoms with Gasteiger partial charge in [-0.15, -0.1) is 23.4 Å². The number of alkyl halides is 3. The number of esters is 1. The molecule has 188 valence electrons. The van der Waals surface area contributed by atoms with E-state index >= 15 is 0 Å². The number of halogens is 3. The number of likely N-dealkylation sites (tertiary alicyclic amines) is 1. The molecule has 0 bridgehead atoms. The van der Waals surface area contributed by atoms with Crippen LogP contribution in [0.3, 0.4) is 0 Å². The maximum atomic E-state index is 12.4. The summed E-state index contributed by atoms with van der Waals surface area (Å²) in [6.45, 7) is 5.79. The Kier molecular flexibility index (Phi) is 8.34. The fourth-order valence-corrected chi connectivity index (χ4v) is 3.98. The van der Waals surface area contributed by atoms with E-state index in [2.05, 4.69) is 31.2 Å². The smallest absolute Gasteiger partial charge is 0.507 e. The van der Waals surface area contributed by atoms with Gasteiger partial charge < -0.3 is 24.8 Å². The van der Waals surface area contributed by atoms with Crippen molar-refractivity contribution >= 4 is 11.8 Å². The number of phenols is 1. The molecule has 1 aliphatic heterocycles. The van der Waals surface area contributed by atoms with Crippen molar-refractivity contribution in [1.82, 2.24) is 15.1 Å². The Morgan fingerprint density at radius 1 is 1.37 bits per heavy atom. The van der Waals surface area contributed by atoms with Crippen LogP contribution in [0.2, 0.25) is 0 Å². The molecule has 3 rings (SSSR count). The molecule has 1 aromatic heterocycles. The van der Waals surface area contributed by atoms with Crippen molar-refractivity contribution in [3.63, 3.8) is 0 Å². The first-order valence-electron chi connectivity index (χ1n) is 11.1. The Hall–Kier alpha value is -3.59. The van der Waals surface area contributed by atoms with E-state index in [0.717, 1.165) is 31.5 Å². The molecule has 2 N–H and O–H groups in total. The third-order valence-corrected chi connectivity index (χ3v) is 5.57. The maximum absolute atomic E-state index is 12.4. The molecule has 1 aromatic carbocycles. The lowest BCUT2D eigenvalue weighted by Crippen LogP contribution is -2.43. The zero-order chi connectivity index (χ0) is 25.6. The number of hydrogen-bond donors (Lipinski definition) is 2. The summed E-state index contributed by atoms with van der Waals surface area (Å²) in [6.07, 6.45) is -2.86. The average Bonchev–Trinajstić information content (AvgIpc) is 2.78. The quantitative estimate of drug-likeness (QED) is 0.530. The summed E-state index contributed by atoms with van der Waals surface area (Å²) >= 11 is 0. The SMILES string of the molecule is CCOC(=O)CCN1CCC[C@@H](Nc2nnc(-c3ccc(OC(F)(F)F)cc3O)c(C)c2C#N)C1. The third kappa shape index (κ3) is 6.95. The minimum Gasteiger partial charge on any atom is -0.507 e. The van der Waals surface area contributed by atoms with Gasteiger partial charge in [-0.05, 0) is 50.9 Å². The number of carbonyl (C=O) groups is 1. The summed E-state index contributed by atoms with van der Waals surface area (Å²) < 4.78 is 46.1. The number of carbonyl (C=O) groups excluding carboxylic acids is 1. The first kappa shape index (κ1) is 26.0. The van der Waals surface area contributed by atoms with Crippen LogP contribution in [0.5, 0.6) is 11.5 Å². The molecule has 0 amide bonds. The number of benzene rings is 1. The highest BCUT2D eigenvalue weighted by atomic mass is 19.4. The number of anilines is 1. The fourth-order valence-electron chi connectivity index (χ4n) is 3.98. The summed E-state index contributed by atoms with van der Waals surface area (Å²) in [5.41, 5.74) is 0.923. The summed E-state index contributed by atoms with van der Waals surface area (Å²) in [7, 11) is 0. The second-order valence-corrected chi connectivity index (χ2v) is 8.07. The topological polar surface area (TPSA) is 121 Å². The van der Waals surface area contributed by atoms with Crippen LogP contribution in [0.15, 0.2) is 18.2 Å². The van der Waals surface area contributed by atoms with Gasteiger partial charge >= 0.3 is 12.3 Å². The predicted octanol–water partition coefficient (Wildman–Crippen LogP) is 3.76. The van der Waals surface area contributed by atoms with E-state index in [-0.39, 0.29) is 34.6 Å². The Morgan fingerprint density at radius 2 is 2.14 bits per heavy atom. The Balaban J connectivity index is 1.75. The van der Waals surface area contributed by atoms with Gasteiger partial charge in [0.05, 0.1) is 13.0 Å². The predicted molar refractivity (Wildman–Crippen MR) is 120 cm³/mol. The van der Waals surface area contributed by atoms with Crippen molar-refractivity contribution < 1.29 is 32.5 Å². The van der Waals surface area contributed by atoms with Crippen LogP contribution >= 0.6 is 0 Å². The molecule has 1 fully saturated rings.